The molecule has 220 valence electrons. The number of fused-ring (bicyclic) bond motifs is 8. The van der Waals surface area contributed by atoms with E-state index in [2.05, 4.69) is 155 Å². The Morgan fingerprint density at radius 3 is 1.79 bits per heavy atom. The number of ether oxygens (including phenoxy) is 2. The number of nitrogens with zero attached hydrogens (tertiary/aromatic N) is 2. The smallest absolute Gasteiger partial charge is 0.252 e. The molecule has 0 fully saturated rings. The molecule has 11 rings (SSSR count). The summed E-state index contributed by atoms with van der Waals surface area (Å²) in [6.07, 6.45) is 9.99. The Morgan fingerprint density at radius 2 is 1.15 bits per heavy atom. The first-order chi connectivity index (χ1) is 23.3. The summed E-state index contributed by atoms with van der Waals surface area (Å²) in [5.41, 5.74) is 14.4. The molecule has 0 N–H and O–H groups in total. The maximum atomic E-state index is 6.67. The van der Waals surface area contributed by atoms with E-state index >= 15 is 0 Å². The molecule has 1 unspecified atom stereocenters. The third-order valence-electron chi connectivity index (χ3n) is 10.3. The largest absolute Gasteiger partial charge is 0.453 e. The lowest BCUT2D eigenvalue weighted by atomic mass is 9.33. The van der Waals surface area contributed by atoms with Crippen LogP contribution in [0, 0.1) is 0 Å². The summed E-state index contributed by atoms with van der Waals surface area (Å²) < 4.78 is 13.3. The zero-order valence-corrected chi connectivity index (χ0v) is 25.4. The molecular weight excluding hydrogens is 575 g/mol. The van der Waals surface area contributed by atoms with Gasteiger partial charge in [0, 0.05) is 17.2 Å². The van der Waals surface area contributed by atoms with Gasteiger partial charge in [0.05, 0.1) is 28.4 Å². The predicted molar refractivity (Wildman–Crippen MR) is 192 cm³/mol. The molecule has 0 amide bonds. The van der Waals surface area contributed by atoms with Gasteiger partial charge in [-0.1, -0.05) is 103 Å². The highest BCUT2D eigenvalue weighted by atomic mass is 16.5. The van der Waals surface area contributed by atoms with Gasteiger partial charge in [-0.25, -0.2) is 0 Å². The van der Waals surface area contributed by atoms with E-state index in [9.17, 15) is 0 Å². The number of allylic oxidation sites excluding steroid dienone is 4. The van der Waals surface area contributed by atoms with Crippen LogP contribution in [0.1, 0.15) is 17.9 Å². The van der Waals surface area contributed by atoms with Crippen LogP contribution in [0.3, 0.4) is 0 Å². The summed E-state index contributed by atoms with van der Waals surface area (Å²) in [4.78, 5) is 5.00. The van der Waals surface area contributed by atoms with Crippen molar-refractivity contribution in [2.45, 2.75) is 12.3 Å². The van der Waals surface area contributed by atoms with Crippen molar-refractivity contribution in [3.8, 4) is 34.1 Å². The molecule has 4 nitrogen and oxygen atoms in total. The SMILES string of the molecule is C1=CCC(c2cc(-c3ccccc3)c3c4c2N2c5ccccc5Oc5cccc(c52)B4c2cccc4c2N3c2ccccc2O4)C=C1. The molecule has 6 aromatic carbocycles. The summed E-state index contributed by atoms with van der Waals surface area (Å²) in [7, 11) is 0. The predicted octanol–water partition coefficient (Wildman–Crippen LogP) is 9.25. The first-order valence-corrected chi connectivity index (χ1v) is 16.3. The maximum Gasteiger partial charge on any atom is 0.252 e. The van der Waals surface area contributed by atoms with Crippen LogP contribution in [0.25, 0.3) is 11.1 Å². The molecular formula is C42H27BN2O2. The number of para-hydroxylation sites is 6. The van der Waals surface area contributed by atoms with Gasteiger partial charge in [0.15, 0.2) is 23.0 Å². The van der Waals surface area contributed by atoms with E-state index in [1.807, 2.05) is 0 Å². The zero-order chi connectivity index (χ0) is 30.6. The van der Waals surface area contributed by atoms with E-state index in [0.717, 1.165) is 52.2 Å². The molecule has 0 saturated heterocycles. The van der Waals surface area contributed by atoms with Gasteiger partial charge in [-0.15, -0.1) is 0 Å². The summed E-state index contributed by atoms with van der Waals surface area (Å²) in [5.74, 6) is 3.72. The van der Waals surface area contributed by atoms with Crippen molar-refractivity contribution < 1.29 is 9.47 Å². The summed E-state index contributed by atoms with van der Waals surface area (Å²) >= 11 is 0. The van der Waals surface area contributed by atoms with Crippen molar-refractivity contribution in [2.75, 3.05) is 9.80 Å². The molecule has 4 heterocycles. The van der Waals surface area contributed by atoms with Gasteiger partial charge in [-0.3, -0.25) is 0 Å². The van der Waals surface area contributed by atoms with Crippen LogP contribution in [0.15, 0.2) is 146 Å². The van der Waals surface area contributed by atoms with Crippen LogP contribution in [0.4, 0.5) is 34.1 Å². The highest BCUT2D eigenvalue weighted by Crippen LogP contribution is 2.59. The molecule has 6 aromatic rings. The quantitative estimate of drug-likeness (QED) is 0.184. The van der Waals surface area contributed by atoms with Crippen molar-refractivity contribution in [3.63, 3.8) is 0 Å². The van der Waals surface area contributed by atoms with Gasteiger partial charge in [-0.05, 0) is 76.4 Å². The Labute approximate surface area is 273 Å². The van der Waals surface area contributed by atoms with Crippen LogP contribution in [-0.2, 0) is 0 Å². The van der Waals surface area contributed by atoms with Gasteiger partial charge < -0.3 is 19.3 Å². The average molecular weight is 603 g/mol. The van der Waals surface area contributed by atoms with Gasteiger partial charge in [0.25, 0.3) is 6.71 Å². The first-order valence-electron chi connectivity index (χ1n) is 16.3. The molecule has 5 heteroatoms. The molecule has 1 aliphatic carbocycles. The van der Waals surface area contributed by atoms with Crippen LogP contribution in [0.2, 0.25) is 0 Å². The van der Waals surface area contributed by atoms with Crippen molar-refractivity contribution in [1.82, 2.24) is 0 Å². The number of hydrogen-bond acceptors (Lipinski definition) is 4. The Hall–Kier alpha value is -5.94. The molecule has 47 heavy (non-hydrogen) atoms. The highest BCUT2D eigenvalue weighted by molar-refractivity contribution is 7.00. The lowest BCUT2D eigenvalue weighted by Crippen LogP contribution is -2.62. The third kappa shape index (κ3) is 3.33. The first kappa shape index (κ1) is 25.3. The number of benzene rings is 6. The number of rotatable bonds is 2. The average Bonchev–Trinajstić information content (AvgIpc) is 3.14. The van der Waals surface area contributed by atoms with Gasteiger partial charge in [-0.2, -0.15) is 0 Å². The van der Waals surface area contributed by atoms with Gasteiger partial charge in [0.2, 0.25) is 0 Å². The standard InChI is InChI=1S/C42H27BN2O2/c1-3-13-26(14-4-1)28-25-29(27-15-5-2-6-16-27)40-38-39(28)44-32-19-7-9-21-34(32)46-36-23-11-17-30(41(36)44)43(38)31-18-12-24-37-42(31)45(40)33-20-8-10-22-35(33)47-37/h1-15,17-25,27H,16H2. The molecule has 0 radical (unpaired) electrons. The van der Waals surface area contributed by atoms with Gasteiger partial charge >= 0.3 is 0 Å². The summed E-state index contributed by atoms with van der Waals surface area (Å²) in [6, 6.07) is 43.4. The fourth-order valence-electron chi connectivity index (χ4n) is 8.47. The third-order valence-corrected chi connectivity index (χ3v) is 10.3. The topological polar surface area (TPSA) is 24.9 Å². The fourth-order valence-corrected chi connectivity index (χ4v) is 8.47. The second-order valence-electron chi connectivity index (χ2n) is 12.8. The van der Waals surface area contributed by atoms with Crippen molar-refractivity contribution in [3.05, 3.63) is 151 Å². The summed E-state index contributed by atoms with van der Waals surface area (Å²) in [6.45, 7) is -0.0225. The van der Waals surface area contributed by atoms with Crippen LogP contribution in [-0.4, -0.2) is 6.71 Å². The molecule has 0 spiro atoms. The van der Waals surface area contributed by atoms with Crippen LogP contribution < -0.4 is 35.7 Å². The molecule has 5 aliphatic rings. The van der Waals surface area contributed by atoms with E-state index in [-0.39, 0.29) is 12.6 Å². The minimum absolute atomic E-state index is 0.0225. The Balaban J connectivity index is 1.35. The monoisotopic (exact) mass is 602 g/mol. The van der Waals surface area contributed by atoms with Crippen molar-refractivity contribution >= 4 is 57.2 Å². The molecule has 1 atom stereocenters. The molecule has 4 aliphatic heterocycles. The lowest BCUT2D eigenvalue weighted by molar-refractivity contribution is 0.477. The minimum Gasteiger partial charge on any atom is -0.453 e. The normalized spacial score (nSPS) is 16.7. The lowest BCUT2D eigenvalue weighted by Gasteiger charge is -2.49. The second kappa shape index (κ2) is 9.30. The van der Waals surface area contributed by atoms with E-state index in [4.69, 9.17) is 9.47 Å². The fraction of sp³-hybridized carbons (Fsp3) is 0.0476. The Morgan fingerprint density at radius 1 is 0.553 bits per heavy atom. The number of hydrogen-bond donors (Lipinski definition) is 0. The van der Waals surface area contributed by atoms with E-state index in [1.165, 1.54) is 44.5 Å². The summed E-state index contributed by atoms with van der Waals surface area (Å²) in [5, 5.41) is 0. The van der Waals surface area contributed by atoms with Crippen molar-refractivity contribution in [2.24, 2.45) is 0 Å². The molecule has 0 aromatic heterocycles. The van der Waals surface area contributed by atoms with Gasteiger partial charge in [0.1, 0.15) is 0 Å². The van der Waals surface area contributed by atoms with E-state index in [0.29, 0.717) is 0 Å². The zero-order valence-electron chi connectivity index (χ0n) is 25.4. The Kier molecular flexibility index (Phi) is 5.00. The molecule has 0 saturated carbocycles. The number of anilines is 6. The Bertz CT molecular complexity index is 2370. The van der Waals surface area contributed by atoms with E-state index in [1.54, 1.807) is 0 Å². The minimum atomic E-state index is -0.0225. The second-order valence-corrected chi connectivity index (χ2v) is 12.8. The maximum absolute atomic E-state index is 6.67. The highest BCUT2D eigenvalue weighted by Gasteiger charge is 2.49. The van der Waals surface area contributed by atoms with Crippen LogP contribution >= 0.6 is 0 Å². The van der Waals surface area contributed by atoms with Crippen molar-refractivity contribution in [1.29, 1.82) is 0 Å². The van der Waals surface area contributed by atoms with E-state index < -0.39 is 0 Å². The van der Waals surface area contributed by atoms with Crippen LogP contribution in [0.5, 0.6) is 23.0 Å². The molecule has 0 bridgehead atoms.